The van der Waals surface area contributed by atoms with Crippen molar-refractivity contribution in [3.05, 3.63) is 59.7 Å². The number of phenolic OH excluding ortho intramolecular Hbond substituents is 1. The van der Waals surface area contributed by atoms with Crippen molar-refractivity contribution < 1.29 is 10.2 Å². The Hall–Kier alpha value is -3.23. The number of fused-ring (bicyclic) bond motifs is 1. The first-order valence-electron chi connectivity index (χ1n) is 11.2. The molecule has 0 bridgehead atoms. The van der Waals surface area contributed by atoms with Gasteiger partial charge in [0.25, 0.3) is 0 Å². The maximum Gasteiger partial charge on any atom is 0.231 e. The zero-order chi connectivity index (χ0) is 22.1. The molecule has 0 unspecified atom stereocenters. The first kappa shape index (κ1) is 20.7. The smallest absolute Gasteiger partial charge is 0.231 e. The highest BCUT2D eigenvalue weighted by molar-refractivity contribution is 5.61. The second kappa shape index (κ2) is 8.72. The first-order valence-corrected chi connectivity index (χ1v) is 11.2. The van der Waals surface area contributed by atoms with Gasteiger partial charge < -0.3 is 25.7 Å². The van der Waals surface area contributed by atoms with Crippen LogP contribution in [0.5, 0.6) is 5.75 Å². The summed E-state index contributed by atoms with van der Waals surface area (Å²) in [5.41, 5.74) is 9.08. The lowest BCUT2D eigenvalue weighted by molar-refractivity contribution is 0.256. The molecule has 3 heterocycles. The lowest BCUT2D eigenvalue weighted by Crippen LogP contribution is -2.40. The molecule has 0 spiro atoms. The van der Waals surface area contributed by atoms with Crippen molar-refractivity contribution in [2.75, 3.05) is 36.0 Å². The van der Waals surface area contributed by atoms with Gasteiger partial charge in [-0.1, -0.05) is 36.4 Å². The molecular weight excluding hydrogens is 404 g/mol. The third-order valence-corrected chi connectivity index (χ3v) is 6.46. The summed E-state index contributed by atoms with van der Waals surface area (Å²) in [4.78, 5) is 18.6. The zero-order valence-corrected chi connectivity index (χ0v) is 17.9. The molecule has 1 fully saturated rings. The maximum absolute atomic E-state index is 10.3. The van der Waals surface area contributed by atoms with Crippen molar-refractivity contribution in [1.29, 1.82) is 0 Å². The van der Waals surface area contributed by atoms with Crippen molar-refractivity contribution in [1.82, 2.24) is 15.0 Å². The van der Waals surface area contributed by atoms with Crippen LogP contribution >= 0.6 is 0 Å². The Morgan fingerprint density at radius 1 is 0.969 bits per heavy atom. The number of aromatic hydroxyl groups is 1. The topological polar surface area (TPSA) is 112 Å². The van der Waals surface area contributed by atoms with Gasteiger partial charge >= 0.3 is 0 Å². The van der Waals surface area contributed by atoms with Crippen LogP contribution in [-0.2, 0) is 6.42 Å². The van der Waals surface area contributed by atoms with E-state index < -0.39 is 0 Å². The van der Waals surface area contributed by atoms with Crippen LogP contribution in [0.3, 0.4) is 0 Å². The molecule has 2 aliphatic rings. The molecule has 32 heavy (non-hydrogen) atoms. The summed E-state index contributed by atoms with van der Waals surface area (Å²) in [6, 6.07) is 15.1. The van der Waals surface area contributed by atoms with Gasteiger partial charge in [0.2, 0.25) is 11.9 Å². The molecule has 0 saturated carbocycles. The van der Waals surface area contributed by atoms with Gasteiger partial charge in [0.1, 0.15) is 5.75 Å². The summed E-state index contributed by atoms with van der Waals surface area (Å²) in [6.45, 7) is 2.05. The predicted octanol–water partition coefficient (Wildman–Crippen LogP) is 2.27. The molecule has 1 aromatic heterocycles. The highest BCUT2D eigenvalue weighted by Crippen LogP contribution is 2.34. The lowest BCUT2D eigenvalue weighted by atomic mass is 9.93. The molecule has 8 nitrogen and oxygen atoms in total. The molecule has 2 aliphatic heterocycles. The van der Waals surface area contributed by atoms with Crippen LogP contribution in [0.2, 0.25) is 0 Å². The van der Waals surface area contributed by atoms with Gasteiger partial charge in [-0.3, -0.25) is 0 Å². The van der Waals surface area contributed by atoms with Crippen molar-refractivity contribution in [2.24, 2.45) is 5.73 Å². The minimum Gasteiger partial charge on any atom is -0.508 e. The van der Waals surface area contributed by atoms with Crippen molar-refractivity contribution >= 4 is 11.9 Å². The Morgan fingerprint density at radius 3 is 2.56 bits per heavy atom. The fraction of sp³-hybridized carbons (Fsp3) is 0.375. The van der Waals surface area contributed by atoms with Gasteiger partial charge in [0, 0.05) is 31.2 Å². The number of nitrogens with zero attached hydrogens (tertiary/aromatic N) is 5. The van der Waals surface area contributed by atoms with Gasteiger partial charge in [0.15, 0.2) is 5.82 Å². The third kappa shape index (κ3) is 3.76. The number of rotatable bonds is 5. The van der Waals surface area contributed by atoms with Gasteiger partial charge in [-0.15, -0.1) is 0 Å². The summed E-state index contributed by atoms with van der Waals surface area (Å²) >= 11 is 0. The van der Waals surface area contributed by atoms with Crippen LogP contribution in [-0.4, -0.2) is 57.4 Å². The van der Waals surface area contributed by atoms with E-state index in [0.29, 0.717) is 30.8 Å². The van der Waals surface area contributed by atoms with E-state index in [0.717, 1.165) is 36.9 Å². The molecule has 0 aliphatic carbocycles. The van der Waals surface area contributed by atoms with Crippen LogP contribution in [0.15, 0.2) is 48.5 Å². The maximum atomic E-state index is 10.3. The Kier molecular flexibility index (Phi) is 5.63. The molecule has 4 N–H and O–H groups in total. The Labute approximate surface area is 187 Å². The van der Waals surface area contributed by atoms with Gasteiger partial charge in [-0.2, -0.15) is 15.0 Å². The quantitative estimate of drug-likeness (QED) is 0.563. The van der Waals surface area contributed by atoms with E-state index in [-0.39, 0.29) is 24.4 Å². The molecule has 0 amide bonds. The van der Waals surface area contributed by atoms with Crippen LogP contribution in [0.1, 0.15) is 30.0 Å². The third-order valence-electron chi connectivity index (χ3n) is 6.46. The van der Waals surface area contributed by atoms with Crippen LogP contribution in [0.4, 0.5) is 11.9 Å². The van der Waals surface area contributed by atoms with E-state index in [1.165, 1.54) is 5.56 Å². The largest absolute Gasteiger partial charge is 0.508 e. The van der Waals surface area contributed by atoms with E-state index in [1.54, 1.807) is 18.2 Å². The summed E-state index contributed by atoms with van der Waals surface area (Å²) in [6.07, 6.45) is 2.90. The standard InChI is InChI=1S/C24H28N6O2/c25-14-18-7-4-11-29(18)23-26-22(17-6-3-8-19(32)13-17)27-24(28-23)30-12-10-16-5-1-2-9-20(16)21(30)15-31/h1-3,5-6,8-9,13,18,21,31-32H,4,7,10-12,14-15,25H2/t18-,21-/m0/s1. The summed E-state index contributed by atoms with van der Waals surface area (Å²) in [7, 11) is 0. The number of hydrogen-bond donors (Lipinski definition) is 3. The van der Waals surface area contributed by atoms with E-state index in [2.05, 4.69) is 21.9 Å². The van der Waals surface area contributed by atoms with Crippen molar-refractivity contribution in [3.8, 4) is 17.1 Å². The van der Waals surface area contributed by atoms with Crippen LogP contribution in [0.25, 0.3) is 11.4 Å². The second-order valence-corrected chi connectivity index (χ2v) is 8.38. The number of hydrogen-bond acceptors (Lipinski definition) is 8. The molecule has 3 aromatic rings. The summed E-state index contributed by atoms with van der Waals surface area (Å²) < 4.78 is 0. The Bertz CT molecular complexity index is 1110. The van der Waals surface area contributed by atoms with Crippen molar-refractivity contribution in [2.45, 2.75) is 31.3 Å². The molecule has 2 aromatic carbocycles. The molecule has 2 atom stereocenters. The summed E-state index contributed by atoms with van der Waals surface area (Å²) in [5, 5.41) is 20.3. The molecule has 166 valence electrons. The lowest BCUT2D eigenvalue weighted by Gasteiger charge is -2.37. The summed E-state index contributed by atoms with van der Waals surface area (Å²) in [5.74, 6) is 1.78. The monoisotopic (exact) mass is 432 g/mol. The average Bonchev–Trinajstić information content (AvgIpc) is 3.32. The zero-order valence-electron chi connectivity index (χ0n) is 17.9. The van der Waals surface area contributed by atoms with Gasteiger partial charge in [-0.05, 0) is 42.5 Å². The van der Waals surface area contributed by atoms with E-state index >= 15 is 0 Å². The fourth-order valence-corrected chi connectivity index (χ4v) is 4.82. The number of aliphatic hydroxyl groups excluding tert-OH is 1. The van der Waals surface area contributed by atoms with E-state index in [4.69, 9.17) is 20.7 Å². The minimum atomic E-state index is -0.226. The molecule has 8 heteroatoms. The minimum absolute atomic E-state index is 0.0331. The normalized spacial score (nSPS) is 20.4. The molecular formula is C24H28N6O2. The first-order chi connectivity index (χ1) is 15.7. The SMILES string of the molecule is NC[C@@H]1CCCN1c1nc(-c2cccc(O)c2)nc(N2CCc3ccccc3[C@@H]2CO)n1. The molecule has 5 rings (SSSR count). The van der Waals surface area contributed by atoms with Gasteiger partial charge in [0.05, 0.1) is 12.6 Å². The highest BCUT2D eigenvalue weighted by Gasteiger charge is 2.31. The van der Waals surface area contributed by atoms with E-state index in [1.807, 2.05) is 18.2 Å². The fourth-order valence-electron chi connectivity index (χ4n) is 4.82. The molecule has 1 saturated heterocycles. The Morgan fingerprint density at radius 2 is 1.78 bits per heavy atom. The highest BCUT2D eigenvalue weighted by atomic mass is 16.3. The van der Waals surface area contributed by atoms with Crippen molar-refractivity contribution in [3.63, 3.8) is 0 Å². The second-order valence-electron chi connectivity index (χ2n) is 8.38. The average molecular weight is 433 g/mol. The number of anilines is 2. The van der Waals surface area contributed by atoms with E-state index in [9.17, 15) is 10.2 Å². The number of phenols is 1. The van der Waals surface area contributed by atoms with Gasteiger partial charge in [-0.25, -0.2) is 0 Å². The Balaban J connectivity index is 1.61. The number of aromatic nitrogens is 3. The number of aliphatic hydroxyl groups is 1. The van der Waals surface area contributed by atoms with Crippen LogP contribution < -0.4 is 15.5 Å². The number of benzene rings is 2. The predicted molar refractivity (Wildman–Crippen MR) is 124 cm³/mol. The van der Waals surface area contributed by atoms with Crippen LogP contribution in [0, 0.1) is 0 Å². The molecule has 0 radical (unpaired) electrons. The number of nitrogens with two attached hydrogens (primary N) is 1.